The minimum Gasteiger partial charge on any atom is -0.302 e. The van der Waals surface area contributed by atoms with Crippen molar-refractivity contribution in [2.45, 2.75) is 6.92 Å². The van der Waals surface area contributed by atoms with Crippen molar-refractivity contribution in [3.05, 3.63) is 59.1 Å². The van der Waals surface area contributed by atoms with E-state index in [1.165, 1.54) is 0 Å². The third-order valence-corrected chi connectivity index (χ3v) is 3.93. The van der Waals surface area contributed by atoms with Gasteiger partial charge in [0.2, 0.25) is 0 Å². The first-order valence-electron chi connectivity index (χ1n) is 6.56. The number of hydrogen-bond acceptors (Lipinski definition) is 3. The fourth-order valence-electron chi connectivity index (χ4n) is 1.81. The van der Waals surface area contributed by atoms with Gasteiger partial charge in [0.15, 0.2) is 0 Å². The third kappa shape index (κ3) is 4.69. The molecular formula is C16H18ClN3S. The summed E-state index contributed by atoms with van der Waals surface area (Å²) in [4.78, 5) is 4.49. The lowest BCUT2D eigenvalue weighted by molar-refractivity contribution is 0.866. The van der Waals surface area contributed by atoms with Crippen molar-refractivity contribution in [1.82, 2.24) is 4.31 Å². The normalized spacial score (nSPS) is 10.9. The van der Waals surface area contributed by atoms with Crippen LogP contribution < -0.4 is 4.31 Å². The highest BCUT2D eigenvalue weighted by Crippen LogP contribution is 2.24. The van der Waals surface area contributed by atoms with E-state index < -0.39 is 0 Å². The van der Waals surface area contributed by atoms with E-state index in [0.29, 0.717) is 0 Å². The molecule has 2 aromatic carbocycles. The number of halogens is 1. The van der Waals surface area contributed by atoms with Gasteiger partial charge in [-0.05, 0) is 42.8 Å². The van der Waals surface area contributed by atoms with E-state index in [-0.39, 0.29) is 0 Å². The maximum absolute atomic E-state index is 5.94. The number of benzene rings is 2. The Morgan fingerprint density at radius 1 is 1.10 bits per heavy atom. The maximum Gasteiger partial charge on any atom is 0.102 e. The topological polar surface area (TPSA) is 18.8 Å². The summed E-state index contributed by atoms with van der Waals surface area (Å²) < 4.78 is 4.04. The van der Waals surface area contributed by atoms with Gasteiger partial charge < -0.3 is 4.31 Å². The van der Waals surface area contributed by atoms with Gasteiger partial charge in [0.25, 0.3) is 0 Å². The lowest BCUT2D eigenvalue weighted by Crippen LogP contribution is -2.17. The first-order valence-corrected chi connectivity index (χ1v) is 7.67. The van der Waals surface area contributed by atoms with E-state index in [4.69, 9.17) is 11.6 Å². The summed E-state index contributed by atoms with van der Waals surface area (Å²) in [5.74, 6) is 0. The molecule has 2 rings (SSSR count). The number of hydrogen-bond donors (Lipinski definition) is 0. The fraction of sp³-hybridized carbons (Fsp3) is 0.188. The first kappa shape index (κ1) is 15.7. The zero-order valence-electron chi connectivity index (χ0n) is 12.3. The smallest absolute Gasteiger partial charge is 0.102 e. The fourth-order valence-corrected chi connectivity index (χ4v) is 2.72. The summed E-state index contributed by atoms with van der Waals surface area (Å²) in [5.41, 5.74) is 3.13. The average Bonchev–Trinajstić information content (AvgIpc) is 2.47. The number of aryl methyl sites for hydroxylation is 1. The van der Waals surface area contributed by atoms with Crippen LogP contribution in [0.25, 0.3) is 0 Å². The molecule has 0 aliphatic carbocycles. The molecule has 5 heteroatoms. The standard InChI is InChI=1S/C16H18ClN3S/c1-13-11-14(17)9-10-16(13)18-12-19(2)21-20(3)15-7-5-4-6-8-15/h4-12H,1-3H3. The molecule has 0 spiro atoms. The predicted octanol–water partition coefficient (Wildman–Crippen LogP) is 4.94. The SMILES string of the molecule is Cc1cc(Cl)ccc1N=CN(C)SN(C)c1ccccc1. The highest BCUT2D eigenvalue weighted by atomic mass is 35.5. The van der Waals surface area contributed by atoms with Crippen molar-refractivity contribution in [2.24, 2.45) is 4.99 Å². The van der Waals surface area contributed by atoms with Crippen LogP contribution in [-0.2, 0) is 0 Å². The second-order valence-electron chi connectivity index (χ2n) is 4.64. The van der Waals surface area contributed by atoms with Crippen LogP contribution in [-0.4, -0.2) is 24.7 Å². The maximum atomic E-state index is 5.94. The van der Waals surface area contributed by atoms with Gasteiger partial charge in [-0.25, -0.2) is 4.99 Å². The molecular weight excluding hydrogens is 302 g/mol. The Balaban J connectivity index is 1.98. The highest BCUT2D eigenvalue weighted by Gasteiger charge is 2.03. The van der Waals surface area contributed by atoms with Crippen LogP contribution in [0.2, 0.25) is 5.02 Å². The summed E-state index contributed by atoms with van der Waals surface area (Å²) in [5, 5.41) is 0.734. The average molecular weight is 320 g/mol. The molecule has 0 aromatic heterocycles. The molecule has 0 aliphatic rings. The monoisotopic (exact) mass is 319 g/mol. The van der Waals surface area contributed by atoms with Gasteiger partial charge >= 0.3 is 0 Å². The molecule has 110 valence electrons. The quantitative estimate of drug-likeness (QED) is 0.442. The Morgan fingerprint density at radius 2 is 1.81 bits per heavy atom. The van der Waals surface area contributed by atoms with Crippen LogP contribution in [0.1, 0.15) is 5.56 Å². The Morgan fingerprint density at radius 3 is 2.48 bits per heavy atom. The lowest BCUT2D eigenvalue weighted by Gasteiger charge is -2.22. The van der Waals surface area contributed by atoms with Gasteiger partial charge in [-0.15, -0.1) is 0 Å². The minimum atomic E-state index is 0.734. The Hall–Kier alpha value is -1.65. The zero-order valence-corrected chi connectivity index (χ0v) is 13.9. The van der Waals surface area contributed by atoms with Crippen LogP contribution in [0.15, 0.2) is 53.5 Å². The van der Waals surface area contributed by atoms with Gasteiger partial charge in [-0.2, -0.15) is 0 Å². The molecule has 0 N–H and O–H groups in total. The molecule has 0 atom stereocenters. The minimum absolute atomic E-state index is 0.734. The highest BCUT2D eigenvalue weighted by molar-refractivity contribution is 7.98. The van der Waals surface area contributed by atoms with Gasteiger partial charge in [0.05, 0.1) is 17.8 Å². The number of rotatable bonds is 5. The summed E-state index contributed by atoms with van der Waals surface area (Å²) in [6.07, 6.45) is 1.81. The Bertz CT molecular complexity index is 616. The van der Waals surface area contributed by atoms with Gasteiger partial charge in [0, 0.05) is 24.8 Å². The molecule has 0 heterocycles. The van der Waals surface area contributed by atoms with E-state index in [0.717, 1.165) is 22.0 Å². The molecule has 3 nitrogen and oxygen atoms in total. The van der Waals surface area contributed by atoms with Crippen LogP contribution in [0.3, 0.4) is 0 Å². The van der Waals surface area contributed by atoms with Gasteiger partial charge in [0.1, 0.15) is 6.34 Å². The molecule has 0 aliphatic heterocycles. The van der Waals surface area contributed by atoms with Gasteiger partial charge in [-0.1, -0.05) is 29.8 Å². The largest absolute Gasteiger partial charge is 0.302 e. The van der Waals surface area contributed by atoms with Crippen LogP contribution in [0, 0.1) is 6.92 Å². The van der Waals surface area contributed by atoms with Crippen molar-refractivity contribution in [1.29, 1.82) is 0 Å². The second-order valence-corrected chi connectivity index (χ2v) is 6.36. The van der Waals surface area contributed by atoms with E-state index >= 15 is 0 Å². The van der Waals surface area contributed by atoms with E-state index in [1.807, 2.05) is 61.7 Å². The Kier molecular flexibility index (Phi) is 5.53. The predicted molar refractivity (Wildman–Crippen MR) is 94.5 cm³/mol. The molecule has 2 aromatic rings. The van der Waals surface area contributed by atoms with Crippen molar-refractivity contribution in [3.8, 4) is 0 Å². The van der Waals surface area contributed by atoms with Crippen molar-refractivity contribution >= 4 is 41.4 Å². The first-order chi connectivity index (χ1) is 10.1. The van der Waals surface area contributed by atoms with Crippen LogP contribution in [0.5, 0.6) is 0 Å². The lowest BCUT2D eigenvalue weighted by atomic mass is 10.2. The summed E-state index contributed by atoms with van der Waals surface area (Å²) in [6, 6.07) is 15.9. The van der Waals surface area contributed by atoms with E-state index in [1.54, 1.807) is 18.5 Å². The van der Waals surface area contributed by atoms with Crippen molar-refractivity contribution in [2.75, 3.05) is 18.4 Å². The second kappa shape index (κ2) is 7.38. The van der Waals surface area contributed by atoms with Crippen LogP contribution >= 0.6 is 23.7 Å². The van der Waals surface area contributed by atoms with Crippen molar-refractivity contribution < 1.29 is 0 Å². The number of aliphatic imine (C=N–C) groups is 1. The molecule has 21 heavy (non-hydrogen) atoms. The summed E-state index contributed by atoms with van der Waals surface area (Å²) in [7, 11) is 4.00. The number of anilines is 1. The molecule has 0 saturated carbocycles. The number of para-hydroxylation sites is 1. The summed E-state index contributed by atoms with van der Waals surface area (Å²) in [6.45, 7) is 2.00. The Labute approximate surface area is 135 Å². The molecule has 0 bridgehead atoms. The molecule has 0 amide bonds. The molecule has 0 radical (unpaired) electrons. The molecule has 0 fully saturated rings. The van der Waals surface area contributed by atoms with E-state index in [2.05, 4.69) is 21.4 Å². The van der Waals surface area contributed by atoms with E-state index in [9.17, 15) is 0 Å². The number of nitrogens with zero attached hydrogens (tertiary/aromatic N) is 3. The van der Waals surface area contributed by atoms with Crippen LogP contribution in [0.4, 0.5) is 11.4 Å². The summed E-state index contributed by atoms with van der Waals surface area (Å²) >= 11 is 7.52. The van der Waals surface area contributed by atoms with Gasteiger partial charge in [-0.3, -0.25) is 4.31 Å². The molecule has 0 unspecified atom stereocenters. The zero-order chi connectivity index (χ0) is 15.2. The molecule has 0 saturated heterocycles. The third-order valence-electron chi connectivity index (χ3n) is 2.89. The van der Waals surface area contributed by atoms with Crippen molar-refractivity contribution in [3.63, 3.8) is 0 Å².